The van der Waals surface area contributed by atoms with Crippen LogP contribution in [0.3, 0.4) is 0 Å². The smallest absolute Gasteiger partial charge is 0.327 e. The average Bonchev–Trinajstić information content (AvgIpc) is 2.31. The van der Waals surface area contributed by atoms with Crippen LogP contribution in [0.15, 0.2) is 12.2 Å². The Hall–Kier alpha value is -0.790. The zero-order chi connectivity index (χ0) is 8.27. The van der Waals surface area contributed by atoms with Crippen LogP contribution in [0.1, 0.15) is 26.2 Å². The van der Waals surface area contributed by atoms with Gasteiger partial charge in [-0.2, -0.15) is 0 Å². The molecule has 0 aliphatic heterocycles. The van der Waals surface area contributed by atoms with Crippen molar-refractivity contribution in [2.24, 2.45) is 11.8 Å². The van der Waals surface area contributed by atoms with Gasteiger partial charge in [0, 0.05) is 6.08 Å². The molecule has 1 aliphatic rings. The molecule has 62 valence electrons. The molecule has 2 nitrogen and oxygen atoms in total. The molecule has 1 aliphatic carbocycles. The van der Waals surface area contributed by atoms with Gasteiger partial charge in [-0.1, -0.05) is 25.8 Å². The zero-order valence-corrected chi connectivity index (χ0v) is 6.79. The van der Waals surface area contributed by atoms with Crippen LogP contribution in [0.2, 0.25) is 0 Å². The summed E-state index contributed by atoms with van der Waals surface area (Å²) in [5.74, 6) is 0.348. The lowest BCUT2D eigenvalue weighted by atomic mass is 9.98. The molecule has 0 spiro atoms. The van der Waals surface area contributed by atoms with E-state index in [1.807, 2.05) is 6.08 Å². The number of carboxylic acids is 1. The fraction of sp³-hybridized carbons (Fsp3) is 0.667. The van der Waals surface area contributed by atoms with E-state index in [1.165, 1.54) is 18.9 Å². The first-order chi connectivity index (χ1) is 5.20. The van der Waals surface area contributed by atoms with Gasteiger partial charge in [-0.05, 0) is 18.3 Å². The molecule has 0 aromatic carbocycles. The van der Waals surface area contributed by atoms with E-state index in [2.05, 4.69) is 6.92 Å². The molecule has 0 aromatic heterocycles. The van der Waals surface area contributed by atoms with Gasteiger partial charge < -0.3 is 5.11 Å². The number of rotatable bonds is 2. The van der Waals surface area contributed by atoms with Gasteiger partial charge in [0.15, 0.2) is 0 Å². The van der Waals surface area contributed by atoms with Crippen molar-refractivity contribution in [2.75, 3.05) is 0 Å². The lowest BCUT2D eigenvalue weighted by Crippen LogP contribution is -2.00. The molecule has 1 rings (SSSR count). The van der Waals surface area contributed by atoms with Crippen LogP contribution in [0.4, 0.5) is 0 Å². The first kappa shape index (κ1) is 8.31. The predicted octanol–water partition coefficient (Wildman–Crippen LogP) is 2.06. The average molecular weight is 154 g/mol. The Morgan fingerprint density at radius 1 is 1.55 bits per heavy atom. The number of aliphatic carboxylic acids is 1. The topological polar surface area (TPSA) is 37.3 Å². The third-order valence-corrected chi connectivity index (χ3v) is 2.41. The van der Waals surface area contributed by atoms with Gasteiger partial charge in [0.05, 0.1) is 0 Å². The van der Waals surface area contributed by atoms with Gasteiger partial charge in [-0.15, -0.1) is 0 Å². The van der Waals surface area contributed by atoms with Gasteiger partial charge in [-0.25, -0.2) is 4.79 Å². The zero-order valence-electron chi connectivity index (χ0n) is 6.79. The van der Waals surface area contributed by atoms with E-state index in [4.69, 9.17) is 5.11 Å². The largest absolute Gasteiger partial charge is 0.478 e. The molecule has 0 heterocycles. The monoisotopic (exact) mass is 154 g/mol. The molecule has 2 heteroatoms. The molecule has 0 saturated heterocycles. The fourth-order valence-electron chi connectivity index (χ4n) is 1.67. The number of allylic oxidation sites excluding steroid dienone is 1. The van der Waals surface area contributed by atoms with Crippen LogP contribution in [-0.4, -0.2) is 11.1 Å². The minimum Gasteiger partial charge on any atom is -0.478 e. The van der Waals surface area contributed by atoms with Crippen molar-refractivity contribution in [3.63, 3.8) is 0 Å². The molecule has 0 bridgehead atoms. The Morgan fingerprint density at radius 3 is 2.73 bits per heavy atom. The fourth-order valence-corrected chi connectivity index (χ4v) is 1.67. The van der Waals surface area contributed by atoms with E-state index in [0.29, 0.717) is 11.8 Å². The van der Waals surface area contributed by atoms with E-state index in [9.17, 15) is 4.79 Å². The third kappa shape index (κ3) is 2.37. The lowest BCUT2D eigenvalue weighted by Gasteiger charge is -2.07. The molecule has 1 fully saturated rings. The van der Waals surface area contributed by atoms with Crippen LogP contribution in [0, 0.1) is 11.8 Å². The van der Waals surface area contributed by atoms with E-state index < -0.39 is 5.97 Å². The van der Waals surface area contributed by atoms with Gasteiger partial charge in [0.25, 0.3) is 0 Å². The summed E-state index contributed by atoms with van der Waals surface area (Å²) in [4.78, 5) is 10.2. The van der Waals surface area contributed by atoms with Crippen molar-refractivity contribution in [3.8, 4) is 0 Å². The van der Waals surface area contributed by atoms with Crippen LogP contribution in [0.25, 0.3) is 0 Å². The third-order valence-electron chi connectivity index (χ3n) is 2.41. The molecule has 1 N–H and O–H groups in total. The second kappa shape index (κ2) is 3.56. The Morgan fingerprint density at radius 2 is 2.27 bits per heavy atom. The summed E-state index contributed by atoms with van der Waals surface area (Å²) in [7, 11) is 0. The number of carbonyl (C=O) groups is 1. The van der Waals surface area contributed by atoms with Gasteiger partial charge >= 0.3 is 5.97 Å². The predicted molar refractivity (Wildman–Crippen MR) is 43.3 cm³/mol. The standard InChI is InChI=1S/C9H14O2/c1-7-3-2-4-8(7)5-6-9(10)11/h5-8H,2-4H2,1H3,(H,10,11). The molecule has 2 atom stereocenters. The maximum atomic E-state index is 10.2. The van der Waals surface area contributed by atoms with Crippen molar-refractivity contribution >= 4 is 5.97 Å². The quantitative estimate of drug-likeness (QED) is 0.618. The van der Waals surface area contributed by atoms with Crippen LogP contribution in [-0.2, 0) is 4.79 Å². The summed E-state index contributed by atoms with van der Waals surface area (Å²) in [6, 6.07) is 0. The van der Waals surface area contributed by atoms with Crippen molar-refractivity contribution in [3.05, 3.63) is 12.2 Å². The second-order valence-corrected chi connectivity index (χ2v) is 3.27. The highest BCUT2D eigenvalue weighted by molar-refractivity contribution is 5.79. The van der Waals surface area contributed by atoms with E-state index in [1.54, 1.807) is 0 Å². The summed E-state index contributed by atoms with van der Waals surface area (Å²) in [5.41, 5.74) is 0. The van der Waals surface area contributed by atoms with Crippen LogP contribution in [0.5, 0.6) is 0 Å². The van der Waals surface area contributed by atoms with Gasteiger partial charge in [-0.3, -0.25) is 0 Å². The molecule has 2 unspecified atom stereocenters. The molecule has 0 aromatic rings. The summed E-state index contributed by atoms with van der Waals surface area (Å²) in [6.07, 6.45) is 6.75. The van der Waals surface area contributed by atoms with Crippen molar-refractivity contribution < 1.29 is 9.90 Å². The Labute approximate surface area is 66.9 Å². The Bertz CT molecular complexity index is 172. The lowest BCUT2D eigenvalue weighted by molar-refractivity contribution is -0.131. The Kier molecular flexibility index (Phi) is 2.69. The molecular formula is C9H14O2. The second-order valence-electron chi connectivity index (χ2n) is 3.27. The molecular weight excluding hydrogens is 140 g/mol. The summed E-state index contributed by atoms with van der Waals surface area (Å²) in [6.45, 7) is 2.18. The molecule has 0 amide bonds. The van der Waals surface area contributed by atoms with Gasteiger partial charge in [0.1, 0.15) is 0 Å². The highest BCUT2D eigenvalue weighted by Gasteiger charge is 2.20. The van der Waals surface area contributed by atoms with E-state index in [-0.39, 0.29) is 0 Å². The van der Waals surface area contributed by atoms with E-state index >= 15 is 0 Å². The highest BCUT2D eigenvalue weighted by atomic mass is 16.4. The first-order valence-electron chi connectivity index (χ1n) is 4.11. The van der Waals surface area contributed by atoms with Crippen molar-refractivity contribution in [2.45, 2.75) is 26.2 Å². The summed E-state index contributed by atoms with van der Waals surface area (Å²) >= 11 is 0. The molecule has 0 radical (unpaired) electrons. The van der Waals surface area contributed by atoms with Crippen molar-refractivity contribution in [1.29, 1.82) is 0 Å². The summed E-state index contributed by atoms with van der Waals surface area (Å²) < 4.78 is 0. The maximum absolute atomic E-state index is 10.2. The highest BCUT2D eigenvalue weighted by Crippen LogP contribution is 2.31. The summed E-state index contributed by atoms with van der Waals surface area (Å²) in [5, 5.41) is 8.37. The SMILES string of the molecule is CC1CCCC1C=CC(=O)O. The minimum atomic E-state index is -0.830. The van der Waals surface area contributed by atoms with Crippen molar-refractivity contribution in [1.82, 2.24) is 0 Å². The van der Waals surface area contributed by atoms with Crippen LogP contribution >= 0.6 is 0 Å². The van der Waals surface area contributed by atoms with Crippen LogP contribution < -0.4 is 0 Å². The molecule has 11 heavy (non-hydrogen) atoms. The van der Waals surface area contributed by atoms with Gasteiger partial charge in [0.2, 0.25) is 0 Å². The normalized spacial score (nSPS) is 31.4. The first-order valence-corrected chi connectivity index (χ1v) is 4.11. The minimum absolute atomic E-state index is 0.506. The number of hydrogen-bond donors (Lipinski definition) is 1. The number of hydrogen-bond acceptors (Lipinski definition) is 1. The molecule has 1 saturated carbocycles. The number of carboxylic acid groups (broad SMARTS) is 1. The van der Waals surface area contributed by atoms with E-state index in [0.717, 1.165) is 6.42 Å². The maximum Gasteiger partial charge on any atom is 0.327 e. The Balaban J connectivity index is 2.42.